The molecule has 0 saturated heterocycles. The lowest BCUT2D eigenvalue weighted by Gasteiger charge is -2.20. The summed E-state index contributed by atoms with van der Waals surface area (Å²) in [7, 11) is 1.51. The molecule has 2 amide bonds. The summed E-state index contributed by atoms with van der Waals surface area (Å²) >= 11 is 0. The largest absolute Gasteiger partial charge is 0.495 e. The van der Waals surface area contributed by atoms with Gasteiger partial charge in [-0.05, 0) is 31.2 Å². The van der Waals surface area contributed by atoms with Gasteiger partial charge in [0, 0.05) is 12.2 Å². The molecule has 0 fully saturated rings. The standard InChI is InChI=1S/C17H18N2O3/c1-3-19(13-9-5-4-6-10-13)17(21)16(20)18-14-11-7-8-12-15(14)22-2/h4-12H,3H2,1-2H3,(H,18,20). The van der Waals surface area contributed by atoms with Gasteiger partial charge in [-0.15, -0.1) is 0 Å². The van der Waals surface area contributed by atoms with E-state index in [4.69, 9.17) is 4.74 Å². The van der Waals surface area contributed by atoms with Crippen LogP contribution in [0.5, 0.6) is 5.75 Å². The fourth-order valence-corrected chi connectivity index (χ4v) is 2.10. The van der Waals surface area contributed by atoms with Gasteiger partial charge < -0.3 is 15.0 Å². The molecular weight excluding hydrogens is 280 g/mol. The zero-order chi connectivity index (χ0) is 15.9. The van der Waals surface area contributed by atoms with E-state index in [2.05, 4.69) is 5.32 Å². The van der Waals surface area contributed by atoms with E-state index in [1.807, 2.05) is 25.1 Å². The molecular formula is C17H18N2O3. The number of ether oxygens (including phenoxy) is 1. The number of amides is 2. The zero-order valence-corrected chi connectivity index (χ0v) is 12.6. The molecule has 0 bridgehead atoms. The first-order valence-corrected chi connectivity index (χ1v) is 6.98. The van der Waals surface area contributed by atoms with Gasteiger partial charge in [-0.1, -0.05) is 30.3 Å². The van der Waals surface area contributed by atoms with Crippen LogP contribution in [0.1, 0.15) is 6.92 Å². The molecule has 0 aliphatic rings. The minimum atomic E-state index is -0.699. The van der Waals surface area contributed by atoms with Crippen molar-refractivity contribution in [3.05, 3.63) is 54.6 Å². The molecule has 0 atom stereocenters. The van der Waals surface area contributed by atoms with Crippen LogP contribution in [-0.2, 0) is 9.59 Å². The number of carbonyl (C=O) groups excluding carboxylic acids is 2. The second kappa shape index (κ2) is 7.26. The SMILES string of the molecule is CCN(C(=O)C(=O)Nc1ccccc1OC)c1ccccc1. The van der Waals surface area contributed by atoms with Crippen LogP contribution in [0.15, 0.2) is 54.6 Å². The highest BCUT2D eigenvalue weighted by atomic mass is 16.5. The topological polar surface area (TPSA) is 58.6 Å². The number of para-hydroxylation sites is 3. The number of nitrogens with one attached hydrogen (secondary N) is 1. The van der Waals surface area contributed by atoms with Crippen molar-refractivity contribution in [3.8, 4) is 5.75 Å². The number of anilines is 2. The summed E-state index contributed by atoms with van der Waals surface area (Å²) in [6.45, 7) is 2.23. The average molecular weight is 298 g/mol. The maximum absolute atomic E-state index is 12.4. The summed E-state index contributed by atoms with van der Waals surface area (Å²) in [5, 5.41) is 2.59. The maximum Gasteiger partial charge on any atom is 0.316 e. The van der Waals surface area contributed by atoms with E-state index in [1.165, 1.54) is 12.0 Å². The van der Waals surface area contributed by atoms with E-state index in [0.717, 1.165) is 0 Å². The van der Waals surface area contributed by atoms with Crippen molar-refractivity contribution in [1.82, 2.24) is 0 Å². The molecule has 114 valence electrons. The summed E-state index contributed by atoms with van der Waals surface area (Å²) in [6, 6.07) is 16.0. The van der Waals surface area contributed by atoms with Crippen molar-refractivity contribution in [3.63, 3.8) is 0 Å². The van der Waals surface area contributed by atoms with E-state index in [1.54, 1.807) is 36.4 Å². The van der Waals surface area contributed by atoms with Crippen LogP contribution in [0.25, 0.3) is 0 Å². The zero-order valence-electron chi connectivity index (χ0n) is 12.6. The molecule has 5 nitrogen and oxygen atoms in total. The summed E-state index contributed by atoms with van der Waals surface area (Å²) in [5.74, 6) is -0.804. The Morgan fingerprint density at radius 1 is 1.05 bits per heavy atom. The number of likely N-dealkylation sites (N-methyl/N-ethyl adjacent to an activating group) is 1. The Bertz CT molecular complexity index is 656. The van der Waals surface area contributed by atoms with Crippen LogP contribution in [-0.4, -0.2) is 25.5 Å². The Morgan fingerprint density at radius 2 is 1.68 bits per heavy atom. The highest BCUT2D eigenvalue weighted by Crippen LogP contribution is 2.23. The van der Waals surface area contributed by atoms with Gasteiger partial charge in [0.15, 0.2) is 0 Å². The van der Waals surface area contributed by atoms with E-state index in [0.29, 0.717) is 23.7 Å². The van der Waals surface area contributed by atoms with Crippen LogP contribution in [0.3, 0.4) is 0 Å². The average Bonchev–Trinajstić information content (AvgIpc) is 2.57. The molecule has 2 rings (SSSR count). The van der Waals surface area contributed by atoms with Gasteiger partial charge in [0.05, 0.1) is 12.8 Å². The Balaban J connectivity index is 2.16. The third-order valence-electron chi connectivity index (χ3n) is 3.18. The van der Waals surface area contributed by atoms with Crippen LogP contribution in [0.4, 0.5) is 11.4 Å². The second-order valence-electron chi connectivity index (χ2n) is 4.54. The Labute approximate surface area is 129 Å². The van der Waals surface area contributed by atoms with Crippen molar-refractivity contribution in [2.24, 2.45) is 0 Å². The predicted octanol–water partition coefficient (Wildman–Crippen LogP) is 2.69. The monoisotopic (exact) mass is 298 g/mol. The number of methoxy groups -OCH3 is 1. The summed E-state index contributed by atoms with van der Waals surface area (Å²) in [5.41, 5.74) is 1.15. The fourth-order valence-electron chi connectivity index (χ4n) is 2.10. The Hall–Kier alpha value is -2.82. The molecule has 0 saturated carbocycles. The van der Waals surface area contributed by atoms with Gasteiger partial charge in [-0.25, -0.2) is 0 Å². The molecule has 1 N–H and O–H groups in total. The van der Waals surface area contributed by atoms with Crippen LogP contribution < -0.4 is 15.0 Å². The van der Waals surface area contributed by atoms with E-state index >= 15 is 0 Å². The third-order valence-corrected chi connectivity index (χ3v) is 3.18. The number of benzene rings is 2. The van der Waals surface area contributed by atoms with Crippen molar-refractivity contribution < 1.29 is 14.3 Å². The summed E-state index contributed by atoms with van der Waals surface area (Å²) in [6.07, 6.45) is 0. The lowest BCUT2D eigenvalue weighted by Crippen LogP contribution is -2.39. The molecule has 22 heavy (non-hydrogen) atoms. The Kier molecular flexibility index (Phi) is 5.14. The van der Waals surface area contributed by atoms with Crippen LogP contribution in [0.2, 0.25) is 0 Å². The highest BCUT2D eigenvalue weighted by molar-refractivity contribution is 6.44. The van der Waals surface area contributed by atoms with Gasteiger partial charge in [0.2, 0.25) is 0 Å². The van der Waals surface area contributed by atoms with Gasteiger partial charge >= 0.3 is 11.8 Å². The van der Waals surface area contributed by atoms with E-state index in [-0.39, 0.29) is 0 Å². The molecule has 0 aromatic heterocycles. The first kappa shape index (κ1) is 15.6. The molecule has 2 aromatic carbocycles. The molecule has 0 aliphatic heterocycles. The van der Waals surface area contributed by atoms with Gasteiger partial charge in [-0.3, -0.25) is 9.59 Å². The van der Waals surface area contributed by atoms with Crippen molar-refractivity contribution in [1.29, 1.82) is 0 Å². The molecule has 0 unspecified atom stereocenters. The highest BCUT2D eigenvalue weighted by Gasteiger charge is 2.22. The van der Waals surface area contributed by atoms with E-state index < -0.39 is 11.8 Å². The molecule has 2 aromatic rings. The minimum Gasteiger partial charge on any atom is -0.495 e. The Morgan fingerprint density at radius 3 is 2.32 bits per heavy atom. The number of rotatable bonds is 4. The molecule has 5 heteroatoms. The van der Waals surface area contributed by atoms with Crippen molar-refractivity contribution in [2.45, 2.75) is 6.92 Å². The first-order valence-electron chi connectivity index (χ1n) is 6.98. The van der Waals surface area contributed by atoms with Gasteiger partial charge in [-0.2, -0.15) is 0 Å². The maximum atomic E-state index is 12.4. The lowest BCUT2D eigenvalue weighted by atomic mass is 10.2. The van der Waals surface area contributed by atoms with Crippen LogP contribution >= 0.6 is 0 Å². The second-order valence-corrected chi connectivity index (χ2v) is 4.54. The van der Waals surface area contributed by atoms with Crippen molar-refractivity contribution >= 4 is 23.2 Å². The molecule has 0 radical (unpaired) electrons. The number of hydrogen-bond donors (Lipinski definition) is 1. The van der Waals surface area contributed by atoms with Crippen molar-refractivity contribution in [2.75, 3.05) is 23.9 Å². The summed E-state index contributed by atoms with van der Waals surface area (Å²) < 4.78 is 5.16. The minimum absolute atomic E-state index is 0.405. The number of carbonyl (C=O) groups is 2. The number of hydrogen-bond acceptors (Lipinski definition) is 3. The van der Waals surface area contributed by atoms with E-state index in [9.17, 15) is 9.59 Å². The van der Waals surface area contributed by atoms with Crippen LogP contribution in [0, 0.1) is 0 Å². The third kappa shape index (κ3) is 3.44. The van der Waals surface area contributed by atoms with Gasteiger partial charge in [0.1, 0.15) is 5.75 Å². The number of nitrogens with zero attached hydrogens (tertiary/aromatic N) is 1. The smallest absolute Gasteiger partial charge is 0.316 e. The molecule has 0 aliphatic carbocycles. The fraction of sp³-hybridized carbons (Fsp3) is 0.176. The first-order chi connectivity index (χ1) is 10.7. The molecule has 0 heterocycles. The lowest BCUT2D eigenvalue weighted by molar-refractivity contribution is -0.134. The normalized spacial score (nSPS) is 9.91. The van der Waals surface area contributed by atoms with Gasteiger partial charge in [0.25, 0.3) is 0 Å². The molecule has 0 spiro atoms. The predicted molar refractivity (Wildman–Crippen MR) is 86.1 cm³/mol. The quantitative estimate of drug-likeness (QED) is 0.883. The summed E-state index contributed by atoms with van der Waals surface area (Å²) in [4.78, 5) is 26.0.